The van der Waals surface area contributed by atoms with Gasteiger partial charge in [-0.3, -0.25) is 0 Å². The highest BCUT2D eigenvalue weighted by Gasteiger charge is 2.16. The van der Waals surface area contributed by atoms with Gasteiger partial charge in [0.25, 0.3) is 0 Å². The number of ether oxygens (including phenoxy) is 1. The third-order valence-corrected chi connectivity index (χ3v) is 3.81. The zero-order valence-electron chi connectivity index (χ0n) is 13.0. The highest BCUT2D eigenvalue weighted by Crippen LogP contribution is 2.27. The second-order valence-electron chi connectivity index (χ2n) is 6.26. The van der Waals surface area contributed by atoms with Gasteiger partial charge in [-0.15, -0.1) is 0 Å². The lowest BCUT2D eigenvalue weighted by Gasteiger charge is -2.23. The molecule has 0 aliphatic heterocycles. The van der Waals surface area contributed by atoms with Crippen molar-refractivity contribution in [2.45, 2.75) is 33.1 Å². The van der Waals surface area contributed by atoms with Crippen molar-refractivity contribution in [2.75, 3.05) is 6.54 Å². The maximum atomic E-state index is 5.80. The fourth-order valence-electron chi connectivity index (χ4n) is 2.35. The molecule has 2 N–H and O–H groups in total. The SMILES string of the molecule is CC(C)(CCN)CCc1ccc(Oc2ccccc2)cc1. The van der Waals surface area contributed by atoms with E-state index in [-0.39, 0.29) is 0 Å². The fourth-order valence-corrected chi connectivity index (χ4v) is 2.35. The smallest absolute Gasteiger partial charge is 0.127 e. The molecule has 0 radical (unpaired) electrons. The number of hydrogen-bond acceptors (Lipinski definition) is 2. The van der Waals surface area contributed by atoms with Gasteiger partial charge in [-0.1, -0.05) is 44.2 Å². The summed E-state index contributed by atoms with van der Waals surface area (Å²) in [5.41, 5.74) is 7.32. The average molecular weight is 283 g/mol. The zero-order valence-corrected chi connectivity index (χ0v) is 13.0. The Hall–Kier alpha value is -1.80. The number of hydrogen-bond donors (Lipinski definition) is 1. The van der Waals surface area contributed by atoms with Crippen molar-refractivity contribution >= 4 is 0 Å². The minimum absolute atomic E-state index is 0.313. The number of para-hydroxylation sites is 1. The molecule has 0 unspecified atom stereocenters. The highest BCUT2D eigenvalue weighted by atomic mass is 16.5. The first-order valence-electron chi connectivity index (χ1n) is 7.61. The molecular formula is C19H25NO. The number of aryl methyl sites for hydroxylation is 1. The van der Waals surface area contributed by atoms with Gasteiger partial charge in [0.15, 0.2) is 0 Å². The standard InChI is InChI=1S/C19H25NO/c1-19(2,14-15-20)13-12-16-8-10-18(11-9-16)21-17-6-4-3-5-7-17/h3-11H,12-15,20H2,1-2H3. The molecule has 2 aromatic carbocycles. The van der Waals surface area contributed by atoms with E-state index >= 15 is 0 Å². The van der Waals surface area contributed by atoms with Crippen molar-refractivity contribution in [3.05, 3.63) is 60.2 Å². The topological polar surface area (TPSA) is 35.2 Å². The van der Waals surface area contributed by atoms with Crippen LogP contribution in [0.4, 0.5) is 0 Å². The van der Waals surface area contributed by atoms with E-state index in [0.29, 0.717) is 5.41 Å². The summed E-state index contributed by atoms with van der Waals surface area (Å²) in [4.78, 5) is 0. The van der Waals surface area contributed by atoms with Crippen LogP contribution in [0.1, 0.15) is 32.3 Å². The van der Waals surface area contributed by atoms with Crippen molar-refractivity contribution in [3.63, 3.8) is 0 Å². The molecule has 0 amide bonds. The third kappa shape index (κ3) is 5.24. The van der Waals surface area contributed by atoms with Crippen LogP contribution in [0.3, 0.4) is 0 Å². The van der Waals surface area contributed by atoms with Gasteiger partial charge in [-0.25, -0.2) is 0 Å². The Balaban J connectivity index is 1.90. The fraction of sp³-hybridized carbons (Fsp3) is 0.368. The molecule has 112 valence electrons. The Kier molecular flexibility index (Phi) is 5.40. The zero-order chi connectivity index (χ0) is 15.1. The summed E-state index contributed by atoms with van der Waals surface area (Å²) in [6.45, 7) is 5.33. The van der Waals surface area contributed by atoms with E-state index in [4.69, 9.17) is 10.5 Å². The van der Waals surface area contributed by atoms with Gasteiger partial charge in [0.2, 0.25) is 0 Å². The highest BCUT2D eigenvalue weighted by molar-refractivity contribution is 5.33. The van der Waals surface area contributed by atoms with Crippen LogP contribution in [-0.4, -0.2) is 6.54 Å². The van der Waals surface area contributed by atoms with Crippen LogP contribution in [0.2, 0.25) is 0 Å². The molecule has 0 aromatic heterocycles. The van der Waals surface area contributed by atoms with Gasteiger partial charge >= 0.3 is 0 Å². The van der Waals surface area contributed by atoms with E-state index in [1.54, 1.807) is 0 Å². The second-order valence-corrected chi connectivity index (χ2v) is 6.26. The van der Waals surface area contributed by atoms with Crippen LogP contribution in [0.15, 0.2) is 54.6 Å². The molecule has 0 saturated carbocycles. The van der Waals surface area contributed by atoms with Crippen LogP contribution in [-0.2, 0) is 6.42 Å². The van der Waals surface area contributed by atoms with Gasteiger partial charge in [0.1, 0.15) is 11.5 Å². The number of benzene rings is 2. The Labute approximate surface area is 127 Å². The van der Waals surface area contributed by atoms with E-state index < -0.39 is 0 Å². The van der Waals surface area contributed by atoms with E-state index in [1.807, 2.05) is 42.5 Å². The second kappa shape index (κ2) is 7.28. The number of rotatable bonds is 7. The summed E-state index contributed by atoms with van der Waals surface area (Å²) in [5.74, 6) is 1.75. The largest absolute Gasteiger partial charge is 0.457 e. The summed E-state index contributed by atoms with van der Waals surface area (Å²) in [6, 6.07) is 18.2. The van der Waals surface area contributed by atoms with Crippen molar-refractivity contribution < 1.29 is 4.74 Å². The summed E-state index contributed by atoms with van der Waals surface area (Å²) in [5, 5.41) is 0. The van der Waals surface area contributed by atoms with Gasteiger partial charge in [0, 0.05) is 0 Å². The molecular weight excluding hydrogens is 258 g/mol. The maximum absolute atomic E-state index is 5.80. The van der Waals surface area contributed by atoms with Crippen molar-refractivity contribution in [2.24, 2.45) is 11.1 Å². The molecule has 2 aromatic rings. The van der Waals surface area contributed by atoms with Crippen LogP contribution in [0.25, 0.3) is 0 Å². The molecule has 0 aliphatic carbocycles. The first-order valence-corrected chi connectivity index (χ1v) is 7.61. The van der Waals surface area contributed by atoms with Crippen LogP contribution in [0, 0.1) is 5.41 Å². The molecule has 0 atom stereocenters. The molecule has 21 heavy (non-hydrogen) atoms. The average Bonchev–Trinajstić information content (AvgIpc) is 2.48. The van der Waals surface area contributed by atoms with E-state index in [0.717, 1.165) is 37.3 Å². The van der Waals surface area contributed by atoms with Gasteiger partial charge in [0.05, 0.1) is 0 Å². The van der Waals surface area contributed by atoms with Crippen molar-refractivity contribution in [3.8, 4) is 11.5 Å². The molecule has 0 heterocycles. The van der Waals surface area contributed by atoms with Crippen LogP contribution >= 0.6 is 0 Å². The Morgan fingerprint density at radius 3 is 2.10 bits per heavy atom. The molecule has 0 aliphatic rings. The predicted molar refractivity (Wildman–Crippen MR) is 88.7 cm³/mol. The lowest BCUT2D eigenvalue weighted by atomic mass is 9.83. The lowest BCUT2D eigenvalue weighted by Crippen LogP contribution is -2.17. The minimum Gasteiger partial charge on any atom is -0.457 e. The Bertz CT molecular complexity index is 531. The van der Waals surface area contributed by atoms with Crippen LogP contribution in [0.5, 0.6) is 11.5 Å². The van der Waals surface area contributed by atoms with Crippen LogP contribution < -0.4 is 10.5 Å². The molecule has 0 fully saturated rings. The van der Waals surface area contributed by atoms with Gasteiger partial charge in [-0.2, -0.15) is 0 Å². The Morgan fingerprint density at radius 1 is 0.857 bits per heavy atom. The molecule has 0 spiro atoms. The molecule has 0 bridgehead atoms. The first-order chi connectivity index (χ1) is 10.1. The summed E-state index contributed by atoms with van der Waals surface area (Å²) in [7, 11) is 0. The molecule has 2 rings (SSSR count). The molecule has 2 heteroatoms. The maximum Gasteiger partial charge on any atom is 0.127 e. The molecule has 0 saturated heterocycles. The van der Waals surface area contributed by atoms with E-state index in [1.165, 1.54) is 5.56 Å². The van der Waals surface area contributed by atoms with Gasteiger partial charge in [-0.05, 0) is 61.1 Å². The van der Waals surface area contributed by atoms with E-state index in [9.17, 15) is 0 Å². The number of nitrogens with two attached hydrogens (primary N) is 1. The van der Waals surface area contributed by atoms with Crippen molar-refractivity contribution in [1.82, 2.24) is 0 Å². The quantitative estimate of drug-likeness (QED) is 0.793. The third-order valence-electron chi connectivity index (χ3n) is 3.81. The van der Waals surface area contributed by atoms with Crippen molar-refractivity contribution in [1.29, 1.82) is 0 Å². The lowest BCUT2D eigenvalue weighted by molar-refractivity contribution is 0.313. The first kappa shape index (κ1) is 15.6. The Morgan fingerprint density at radius 2 is 1.48 bits per heavy atom. The monoisotopic (exact) mass is 283 g/mol. The summed E-state index contributed by atoms with van der Waals surface area (Å²) >= 11 is 0. The summed E-state index contributed by atoms with van der Waals surface area (Å²) < 4.78 is 5.80. The minimum atomic E-state index is 0.313. The predicted octanol–water partition coefficient (Wildman–Crippen LogP) is 4.79. The normalized spacial score (nSPS) is 11.4. The van der Waals surface area contributed by atoms with Gasteiger partial charge < -0.3 is 10.5 Å². The molecule has 2 nitrogen and oxygen atoms in total. The summed E-state index contributed by atoms with van der Waals surface area (Å²) in [6.07, 6.45) is 3.31. The van der Waals surface area contributed by atoms with E-state index in [2.05, 4.69) is 26.0 Å².